The van der Waals surface area contributed by atoms with E-state index in [0.29, 0.717) is 17.7 Å². The van der Waals surface area contributed by atoms with Gasteiger partial charge in [-0.15, -0.1) is 0 Å². The Hall–Kier alpha value is -1.26. The zero-order valence-electron chi connectivity index (χ0n) is 11.0. The van der Waals surface area contributed by atoms with E-state index in [-0.39, 0.29) is 0 Å². The van der Waals surface area contributed by atoms with Crippen LogP contribution in [0.25, 0.3) is 0 Å². The Morgan fingerprint density at radius 3 is 3.21 bits per heavy atom. The molecule has 2 aromatic rings. The van der Waals surface area contributed by atoms with Crippen molar-refractivity contribution in [2.45, 2.75) is 38.8 Å². The summed E-state index contributed by atoms with van der Waals surface area (Å²) in [5.41, 5.74) is 1.11. The van der Waals surface area contributed by atoms with Crippen LogP contribution in [0.4, 0.5) is 0 Å². The highest BCUT2D eigenvalue weighted by Crippen LogP contribution is 2.26. The highest BCUT2D eigenvalue weighted by atomic mass is 35.5. The van der Waals surface area contributed by atoms with Crippen molar-refractivity contribution in [1.82, 2.24) is 14.9 Å². The fourth-order valence-corrected chi connectivity index (χ4v) is 2.88. The average molecular weight is 280 g/mol. The smallest absolute Gasteiger partial charge is 0.193 e. The van der Waals surface area contributed by atoms with Crippen molar-refractivity contribution >= 4 is 11.6 Å². The van der Waals surface area contributed by atoms with Crippen LogP contribution in [0.15, 0.2) is 22.7 Å². The maximum atomic E-state index is 5.75. The molecule has 0 aliphatic carbocycles. The number of rotatable bonds is 4. The van der Waals surface area contributed by atoms with Gasteiger partial charge in [0.05, 0.1) is 12.2 Å². The number of fused-ring (bicyclic) bond motifs is 1. The summed E-state index contributed by atoms with van der Waals surface area (Å²) < 4.78 is 7.62. The van der Waals surface area contributed by atoms with Gasteiger partial charge in [0.2, 0.25) is 0 Å². The molecule has 0 fully saturated rings. The Kier molecular flexibility index (Phi) is 3.62. The van der Waals surface area contributed by atoms with Crippen LogP contribution in [-0.4, -0.2) is 16.1 Å². The van der Waals surface area contributed by atoms with E-state index < -0.39 is 0 Å². The standard InChI is InChI=1S/C14H18ClN3O/c1-10-9-18-6-2-3-11(14(18)17-10)7-16-8-12-4-5-13(15)19-12/h4-5,9,11,16H,2-3,6-8H2,1H3. The van der Waals surface area contributed by atoms with Crippen LogP contribution in [0.2, 0.25) is 5.22 Å². The van der Waals surface area contributed by atoms with Gasteiger partial charge >= 0.3 is 0 Å². The van der Waals surface area contributed by atoms with Gasteiger partial charge in [-0.05, 0) is 43.5 Å². The SMILES string of the molecule is Cc1cn2c(n1)C(CNCc1ccc(Cl)o1)CCC2. The molecule has 1 unspecified atom stereocenters. The average Bonchev–Trinajstić information content (AvgIpc) is 2.95. The lowest BCUT2D eigenvalue weighted by Gasteiger charge is -2.23. The van der Waals surface area contributed by atoms with E-state index in [1.807, 2.05) is 6.07 Å². The molecule has 102 valence electrons. The molecule has 1 aliphatic heterocycles. The van der Waals surface area contributed by atoms with E-state index in [1.54, 1.807) is 6.07 Å². The van der Waals surface area contributed by atoms with Crippen LogP contribution in [0.5, 0.6) is 0 Å². The minimum absolute atomic E-state index is 0.445. The molecule has 3 rings (SSSR count). The molecule has 0 radical (unpaired) electrons. The van der Waals surface area contributed by atoms with Crippen molar-refractivity contribution < 1.29 is 4.42 Å². The summed E-state index contributed by atoms with van der Waals surface area (Å²) in [6.07, 6.45) is 4.57. The molecule has 0 spiro atoms. The molecule has 1 N–H and O–H groups in total. The van der Waals surface area contributed by atoms with Crippen LogP contribution in [-0.2, 0) is 13.1 Å². The van der Waals surface area contributed by atoms with Crippen molar-refractivity contribution in [2.24, 2.45) is 0 Å². The third kappa shape index (κ3) is 2.85. The lowest BCUT2D eigenvalue weighted by molar-refractivity contribution is 0.410. The van der Waals surface area contributed by atoms with Crippen molar-refractivity contribution in [1.29, 1.82) is 0 Å². The molecule has 0 amide bonds. The summed E-state index contributed by atoms with van der Waals surface area (Å²) in [7, 11) is 0. The van der Waals surface area contributed by atoms with E-state index in [1.165, 1.54) is 18.7 Å². The van der Waals surface area contributed by atoms with Crippen molar-refractivity contribution in [3.8, 4) is 0 Å². The predicted octanol–water partition coefficient (Wildman–Crippen LogP) is 3.11. The van der Waals surface area contributed by atoms with Crippen molar-refractivity contribution in [3.63, 3.8) is 0 Å². The highest BCUT2D eigenvalue weighted by Gasteiger charge is 2.21. The van der Waals surface area contributed by atoms with E-state index >= 15 is 0 Å². The molecule has 1 atom stereocenters. The number of nitrogens with one attached hydrogen (secondary N) is 1. The monoisotopic (exact) mass is 279 g/mol. The van der Waals surface area contributed by atoms with E-state index in [0.717, 1.165) is 24.5 Å². The van der Waals surface area contributed by atoms with Crippen molar-refractivity contribution in [2.75, 3.05) is 6.54 Å². The number of hydrogen-bond acceptors (Lipinski definition) is 3. The molecule has 0 aromatic carbocycles. The topological polar surface area (TPSA) is 43.0 Å². The van der Waals surface area contributed by atoms with Gasteiger partial charge in [-0.3, -0.25) is 0 Å². The first-order valence-corrected chi connectivity index (χ1v) is 7.09. The molecular weight excluding hydrogens is 262 g/mol. The molecule has 2 aromatic heterocycles. The number of aromatic nitrogens is 2. The van der Waals surface area contributed by atoms with Gasteiger partial charge in [0, 0.05) is 25.2 Å². The summed E-state index contributed by atoms with van der Waals surface area (Å²) in [4.78, 5) is 4.64. The number of nitrogens with zero attached hydrogens (tertiary/aromatic N) is 2. The number of aryl methyl sites for hydroxylation is 2. The maximum Gasteiger partial charge on any atom is 0.193 e. The summed E-state index contributed by atoms with van der Waals surface area (Å²) in [5, 5.41) is 3.87. The molecule has 19 heavy (non-hydrogen) atoms. The molecule has 4 nitrogen and oxygen atoms in total. The molecule has 0 saturated heterocycles. The zero-order valence-corrected chi connectivity index (χ0v) is 11.8. The molecule has 0 bridgehead atoms. The second kappa shape index (κ2) is 5.39. The van der Waals surface area contributed by atoms with Crippen LogP contribution < -0.4 is 5.32 Å². The first-order chi connectivity index (χ1) is 9.22. The summed E-state index contributed by atoms with van der Waals surface area (Å²) in [5.74, 6) is 2.59. The predicted molar refractivity (Wildman–Crippen MR) is 74.4 cm³/mol. The van der Waals surface area contributed by atoms with Gasteiger partial charge in [0.15, 0.2) is 5.22 Å². The summed E-state index contributed by atoms with van der Waals surface area (Å²) >= 11 is 5.75. The van der Waals surface area contributed by atoms with Gasteiger partial charge in [-0.1, -0.05) is 0 Å². The van der Waals surface area contributed by atoms with E-state index in [2.05, 4.69) is 28.0 Å². The molecule has 0 saturated carbocycles. The van der Waals surface area contributed by atoms with Gasteiger partial charge in [-0.2, -0.15) is 0 Å². The fourth-order valence-electron chi connectivity index (χ4n) is 2.72. The Morgan fingerprint density at radius 2 is 2.42 bits per heavy atom. The highest BCUT2D eigenvalue weighted by molar-refractivity contribution is 6.28. The first kappa shape index (κ1) is 12.8. The van der Waals surface area contributed by atoms with E-state index in [9.17, 15) is 0 Å². The third-order valence-electron chi connectivity index (χ3n) is 3.56. The first-order valence-electron chi connectivity index (χ1n) is 6.71. The van der Waals surface area contributed by atoms with Gasteiger partial charge in [0.25, 0.3) is 0 Å². The Labute approximate surface area is 117 Å². The molecule has 5 heteroatoms. The van der Waals surface area contributed by atoms with Crippen LogP contribution >= 0.6 is 11.6 Å². The number of furan rings is 1. The second-order valence-corrected chi connectivity index (χ2v) is 5.48. The summed E-state index contributed by atoms with van der Waals surface area (Å²) in [6.45, 7) is 4.79. The number of hydrogen-bond donors (Lipinski definition) is 1. The van der Waals surface area contributed by atoms with Gasteiger partial charge in [0.1, 0.15) is 11.6 Å². The maximum absolute atomic E-state index is 5.75. The fraction of sp³-hybridized carbons (Fsp3) is 0.500. The normalized spacial score (nSPS) is 18.5. The number of imidazole rings is 1. The Bertz CT molecular complexity index is 561. The van der Waals surface area contributed by atoms with Crippen LogP contribution in [0, 0.1) is 6.92 Å². The Morgan fingerprint density at radius 1 is 1.53 bits per heavy atom. The van der Waals surface area contributed by atoms with Gasteiger partial charge in [-0.25, -0.2) is 4.98 Å². The molecule has 3 heterocycles. The lowest BCUT2D eigenvalue weighted by Crippen LogP contribution is -2.26. The van der Waals surface area contributed by atoms with Crippen LogP contribution in [0.1, 0.15) is 36.0 Å². The van der Waals surface area contributed by atoms with E-state index in [4.69, 9.17) is 16.0 Å². The van der Waals surface area contributed by atoms with Crippen LogP contribution in [0.3, 0.4) is 0 Å². The van der Waals surface area contributed by atoms with Crippen molar-refractivity contribution in [3.05, 3.63) is 40.8 Å². The Balaban J connectivity index is 1.59. The number of halogens is 1. The summed E-state index contributed by atoms with van der Waals surface area (Å²) in [6, 6.07) is 3.68. The molecule has 1 aliphatic rings. The second-order valence-electron chi connectivity index (χ2n) is 5.11. The largest absolute Gasteiger partial charge is 0.448 e. The quantitative estimate of drug-likeness (QED) is 0.935. The minimum Gasteiger partial charge on any atom is -0.448 e. The lowest BCUT2D eigenvalue weighted by atomic mass is 9.99. The minimum atomic E-state index is 0.445. The molecular formula is C14H18ClN3O. The van der Waals surface area contributed by atoms with Gasteiger partial charge < -0.3 is 14.3 Å². The zero-order chi connectivity index (χ0) is 13.2. The third-order valence-corrected chi connectivity index (χ3v) is 3.77.